The number of hydrogen-bond donors (Lipinski definition) is 2. The molecule has 7 nitrogen and oxygen atoms in total. The third-order valence-corrected chi connectivity index (χ3v) is 5.31. The first-order chi connectivity index (χ1) is 15.0. The zero-order valence-corrected chi connectivity index (χ0v) is 17.3. The maximum atomic E-state index is 13.0. The number of methoxy groups -OCH3 is 1. The van der Waals surface area contributed by atoms with Crippen molar-refractivity contribution in [2.24, 2.45) is 0 Å². The SMILES string of the molecule is COc1ccccc1C1/C(=C(\O)c2ccccc2)C(=O)C(=O)N1CCCCCC(=O)O. The number of para-hydroxylation sites is 1. The van der Waals surface area contributed by atoms with Crippen molar-refractivity contribution in [1.29, 1.82) is 0 Å². The minimum Gasteiger partial charge on any atom is -0.507 e. The lowest BCUT2D eigenvalue weighted by molar-refractivity contribution is -0.140. The molecule has 3 rings (SSSR count). The first-order valence-electron chi connectivity index (χ1n) is 10.1. The summed E-state index contributed by atoms with van der Waals surface area (Å²) in [5.41, 5.74) is 1.07. The van der Waals surface area contributed by atoms with Crippen molar-refractivity contribution in [1.82, 2.24) is 4.90 Å². The summed E-state index contributed by atoms with van der Waals surface area (Å²) in [6.07, 6.45) is 1.69. The summed E-state index contributed by atoms with van der Waals surface area (Å²) in [6, 6.07) is 14.9. The van der Waals surface area contributed by atoms with Crippen molar-refractivity contribution < 1.29 is 29.3 Å². The molecule has 31 heavy (non-hydrogen) atoms. The van der Waals surface area contributed by atoms with Gasteiger partial charge in [-0.3, -0.25) is 14.4 Å². The number of amides is 1. The lowest BCUT2D eigenvalue weighted by Gasteiger charge is -2.26. The molecule has 2 aromatic carbocycles. The third-order valence-electron chi connectivity index (χ3n) is 5.31. The summed E-state index contributed by atoms with van der Waals surface area (Å²) in [4.78, 5) is 38.0. The number of carbonyl (C=O) groups is 3. The molecule has 1 amide bonds. The van der Waals surface area contributed by atoms with Gasteiger partial charge in [0.2, 0.25) is 0 Å². The lowest BCUT2D eigenvalue weighted by atomic mass is 9.94. The van der Waals surface area contributed by atoms with Gasteiger partial charge in [0.1, 0.15) is 11.5 Å². The largest absolute Gasteiger partial charge is 0.507 e. The van der Waals surface area contributed by atoms with E-state index >= 15 is 0 Å². The van der Waals surface area contributed by atoms with E-state index in [1.807, 2.05) is 0 Å². The van der Waals surface area contributed by atoms with Gasteiger partial charge in [-0.1, -0.05) is 55.0 Å². The van der Waals surface area contributed by atoms with E-state index in [0.717, 1.165) is 0 Å². The van der Waals surface area contributed by atoms with Crippen molar-refractivity contribution in [3.05, 3.63) is 71.3 Å². The molecule has 1 aliphatic rings. The fourth-order valence-corrected chi connectivity index (χ4v) is 3.81. The van der Waals surface area contributed by atoms with Crippen molar-refractivity contribution in [3.8, 4) is 5.75 Å². The summed E-state index contributed by atoms with van der Waals surface area (Å²) in [5.74, 6) is -2.03. The van der Waals surface area contributed by atoms with Crippen LogP contribution in [0.3, 0.4) is 0 Å². The molecule has 0 spiro atoms. The van der Waals surface area contributed by atoms with Gasteiger partial charge in [-0.05, 0) is 18.9 Å². The van der Waals surface area contributed by atoms with E-state index in [0.29, 0.717) is 36.1 Å². The molecule has 2 aromatic rings. The van der Waals surface area contributed by atoms with E-state index in [-0.39, 0.29) is 24.3 Å². The minimum atomic E-state index is -0.864. The van der Waals surface area contributed by atoms with Gasteiger partial charge in [0.25, 0.3) is 11.7 Å². The minimum absolute atomic E-state index is 0.0197. The summed E-state index contributed by atoms with van der Waals surface area (Å²) in [7, 11) is 1.51. The van der Waals surface area contributed by atoms with Gasteiger partial charge in [0.15, 0.2) is 0 Å². The number of unbranched alkanes of at least 4 members (excludes halogenated alkanes) is 2. The second-order valence-electron chi connectivity index (χ2n) is 7.30. The molecule has 1 atom stereocenters. The summed E-state index contributed by atoms with van der Waals surface area (Å²) in [5, 5.41) is 19.8. The smallest absolute Gasteiger partial charge is 0.303 e. The molecule has 0 saturated carbocycles. The van der Waals surface area contributed by atoms with Crippen LogP contribution in [0.4, 0.5) is 0 Å². The van der Waals surface area contributed by atoms with E-state index in [1.54, 1.807) is 54.6 Å². The quantitative estimate of drug-likeness (QED) is 0.275. The monoisotopic (exact) mass is 423 g/mol. The van der Waals surface area contributed by atoms with Crippen LogP contribution in [0.2, 0.25) is 0 Å². The van der Waals surface area contributed by atoms with Crippen molar-refractivity contribution in [2.45, 2.75) is 31.7 Å². The number of ketones is 1. The third kappa shape index (κ3) is 4.77. The maximum absolute atomic E-state index is 13.0. The second-order valence-corrected chi connectivity index (χ2v) is 7.30. The van der Waals surface area contributed by atoms with Crippen LogP contribution in [-0.2, 0) is 14.4 Å². The molecule has 1 saturated heterocycles. The highest BCUT2D eigenvalue weighted by Gasteiger charge is 2.46. The number of benzene rings is 2. The number of rotatable bonds is 9. The van der Waals surface area contributed by atoms with Crippen LogP contribution in [0.1, 0.15) is 42.9 Å². The molecular weight excluding hydrogens is 398 g/mol. The van der Waals surface area contributed by atoms with E-state index < -0.39 is 23.7 Å². The molecule has 0 radical (unpaired) electrons. The zero-order valence-electron chi connectivity index (χ0n) is 17.3. The number of ether oxygens (including phenoxy) is 1. The number of carboxylic acid groups (broad SMARTS) is 1. The van der Waals surface area contributed by atoms with Gasteiger partial charge in [0, 0.05) is 24.1 Å². The van der Waals surface area contributed by atoms with E-state index in [2.05, 4.69) is 0 Å². The highest BCUT2D eigenvalue weighted by Crippen LogP contribution is 2.42. The molecule has 0 bridgehead atoms. The van der Waals surface area contributed by atoms with Crippen molar-refractivity contribution >= 4 is 23.4 Å². The Labute approximate surface area is 180 Å². The van der Waals surface area contributed by atoms with Crippen LogP contribution in [0, 0.1) is 0 Å². The topological polar surface area (TPSA) is 104 Å². The molecule has 1 heterocycles. The molecule has 0 aliphatic carbocycles. The highest BCUT2D eigenvalue weighted by molar-refractivity contribution is 6.46. The molecular formula is C24H25NO6. The molecule has 1 aliphatic heterocycles. The molecule has 162 valence electrons. The Balaban J connectivity index is 2.01. The van der Waals surface area contributed by atoms with Crippen molar-refractivity contribution in [3.63, 3.8) is 0 Å². The number of aliphatic carboxylic acids is 1. The van der Waals surface area contributed by atoms with Crippen molar-refractivity contribution in [2.75, 3.05) is 13.7 Å². The second kappa shape index (κ2) is 9.93. The highest BCUT2D eigenvalue weighted by atomic mass is 16.5. The van der Waals surface area contributed by atoms with E-state index in [9.17, 15) is 19.5 Å². The Morgan fingerprint density at radius 1 is 0.968 bits per heavy atom. The fraction of sp³-hybridized carbons (Fsp3) is 0.292. The predicted molar refractivity (Wildman–Crippen MR) is 115 cm³/mol. The van der Waals surface area contributed by atoms with Crippen LogP contribution in [0.15, 0.2) is 60.2 Å². The Kier molecular flexibility index (Phi) is 7.07. The number of carbonyl (C=O) groups excluding carboxylic acids is 2. The van der Waals surface area contributed by atoms with Gasteiger partial charge < -0.3 is 19.8 Å². The zero-order chi connectivity index (χ0) is 22.4. The predicted octanol–water partition coefficient (Wildman–Crippen LogP) is 3.76. The number of carboxylic acids is 1. The summed E-state index contributed by atoms with van der Waals surface area (Å²) in [6.45, 7) is 0.262. The van der Waals surface area contributed by atoms with Crippen LogP contribution >= 0.6 is 0 Å². The summed E-state index contributed by atoms with van der Waals surface area (Å²) >= 11 is 0. The van der Waals surface area contributed by atoms with Gasteiger partial charge in [-0.15, -0.1) is 0 Å². The molecule has 7 heteroatoms. The average molecular weight is 423 g/mol. The molecule has 2 N–H and O–H groups in total. The van der Waals surface area contributed by atoms with Crippen LogP contribution in [-0.4, -0.2) is 46.4 Å². The van der Waals surface area contributed by atoms with Gasteiger partial charge in [0.05, 0.1) is 18.7 Å². The van der Waals surface area contributed by atoms with E-state index in [4.69, 9.17) is 9.84 Å². The van der Waals surface area contributed by atoms with Gasteiger partial charge in [-0.2, -0.15) is 0 Å². The number of Topliss-reactive ketones (excluding diaryl/α,β-unsaturated/α-hetero) is 1. The normalized spacial score (nSPS) is 17.7. The number of likely N-dealkylation sites (tertiary alicyclic amines) is 1. The Hall–Kier alpha value is -3.61. The van der Waals surface area contributed by atoms with Crippen LogP contribution in [0.5, 0.6) is 5.75 Å². The van der Waals surface area contributed by atoms with Gasteiger partial charge >= 0.3 is 5.97 Å². The molecule has 0 aromatic heterocycles. The first kappa shape index (κ1) is 22.1. The Morgan fingerprint density at radius 2 is 1.65 bits per heavy atom. The molecule has 1 unspecified atom stereocenters. The number of nitrogens with zero attached hydrogens (tertiary/aromatic N) is 1. The van der Waals surface area contributed by atoms with Crippen LogP contribution < -0.4 is 4.74 Å². The standard InChI is InChI=1S/C24H25NO6/c1-31-18-13-8-7-12-17(18)21-20(22(28)16-10-4-2-5-11-16)23(29)24(30)25(21)15-9-3-6-14-19(26)27/h2,4-5,7-8,10-13,21,28H,3,6,9,14-15H2,1H3,(H,26,27)/b22-20+. The summed E-state index contributed by atoms with van der Waals surface area (Å²) < 4.78 is 5.46. The number of hydrogen-bond acceptors (Lipinski definition) is 5. The lowest BCUT2D eigenvalue weighted by Crippen LogP contribution is -2.31. The first-order valence-corrected chi connectivity index (χ1v) is 10.1. The molecule has 1 fully saturated rings. The fourth-order valence-electron chi connectivity index (χ4n) is 3.81. The number of aliphatic hydroxyl groups is 1. The average Bonchev–Trinajstić information content (AvgIpc) is 3.03. The number of aliphatic hydroxyl groups excluding tert-OH is 1. The van der Waals surface area contributed by atoms with Crippen LogP contribution in [0.25, 0.3) is 5.76 Å². The van der Waals surface area contributed by atoms with Gasteiger partial charge in [-0.25, -0.2) is 0 Å². The Bertz CT molecular complexity index is 998. The Morgan fingerprint density at radius 3 is 2.32 bits per heavy atom. The maximum Gasteiger partial charge on any atom is 0.303 e. The van der Waals surface area contributed by atoms with E-state index in [1.165, 1.54) is 12.0 Å².